The molecular weight excluding hydrogens is 238 g/mol. The van der Waals surface area contributed by atoms with Gasteiger partial charge in [-0.15, -0.1) is 0 Å². The lowest BCUT2D eigenvalue weighted by atomic mass is 10.2. The molecule has 1 rings (SSSR count). The molecule has 0 saturated heterocycles. The number of carbonyl (C=O) groups excluding carboxylic acids is 1. The average Bonchev–Trinajstić information content (AvgIpc) is 2.34. The second-order valence-electron chi connectivity index (χ2n) is 3.77. The molecule has 0 fully saturated rings. The molecule has 0 aliphatic heterocycles. The van der Waals surface area contributed by atoms with Gasteiger partial charge in [-0.3, -0.25) is 4.79 Å². The zero-order valence-electron chi connectivity index (χ0n) is 10.2. The molecule has 0 radical (unpaired) electrons. The predicted molar refractivity (Wildman–Crippen MR) is 70.7 cm³/mol. The molecule has 1 aromatic heterocycles. The van der Waals surface area contributed by atoms with Crippen molar-refractivity contribution in [2.24, 2.45) is 0 Å². The molecule has 2 N–H and O–H groups in total. The number of amides is 1. The van der Waals surface area contributed by atoms with Crippen LogP contribution in [0.25, 0.3) is 0 Å². The van der Waals surface area contributed by atoms with Gasteiger partial charge in [0.05, 0.1) is 10.6 Å². The first kappa shape index (κ1) is 13.8. The second-order valence-corrected chi connectivity index (χ2v) is 4.17. The number of halogens is 1. The molecule has 0 aliphatic rings. The molecular formula is C12H18ClN3O. The standard InChI is InChI=1S/C12H18ClN3O/c1-3-4-5-6-15-12(17)9-7-10(13)11(14-2)16-8-9/h7-8H,3-6H2,1-2H3,(H,14,16)(H,15,17). The highest BCUT2D eigenvalue weighted by atomic mass is 35.5. The van der Waals surface area contributed by atoms with Crippen molar-refractivity contribution in [3.63, 3.8) is 0 Å². The molecule has 0 unspecified atom stereocenters. The van der Waals surface area contributed by atoms with E-state index >= 15 is 0 Å². The van der Waals surface area contributed by atoms with Crippen LogP contribution in [0.5, 0.6) is 0 Å². The first-order valence-corrected chi connectivity index (χ1v) is 6.18. The fourth-order valence-electron chi connectivity index (χ4n) is 1.43. The van der Waals surface area contributed by atoms with Crippen molar-refractivity contribution in [1.82, 2.24) is 10.3 Å². The number of nitrogens with zero attached hydrogens (tertiary/aromatic N) is 1. The summed E-state index contributed by atoms with van der Waals surface area (Å²) in [5.74, 6) is 0.451. The smallest absolute Gasteiger partial charge is 0.252 e. The summed E-state index contributed by atoms with van der Waals surface area (Å²) < 4.78 is 0. The number of carbonyl (C=O) groups is 1. The van der Waals surface area contributed by atoms with Crippen molar-refractivity contribution >= 4 is 23.3 Å². The number of rotatable bonds is 6. The highest BCUT2D eigenvalue weighted by Crippen LogP contribution is 2.19. The summed E-state index contributed by atoms with van der Waals surface area (Å²) in [7, 11) is 1.73. The maximum Gasteiger partial charge on any atom is 0.252 e. The Labute approximate surface area is 107 Å². The first-order chi connectivity index (χ1) is 8.19. The summed E-state index contributed by atoms with van der Waals surface area (Å²) in [6.45, 7) is 2.82. The van der Waals surface area contributed by atoms with Crippen molar-refractivity contribution in [2.45, 2.75) is 26.2 Å². The van der Waals surface area contributed by atoms with Gasteiger partial charge in [0, 0.05) is 19.8 Å². The highest BCUT2D eigenvalue weighted by molar-refractivity contribution is 6.33. The van der Waals surface area contributed by atoms with Crippen molar-refractivity contribution in [2.75, 3.05) is 18.9 Å². The minimum absolute atomic E-state index is 0.127. The van der Waals surface area contributed by atoms with Gasteiger partial charge in [0.2, 0.25) is 0 Å². The van der Waals surface area contributed by atoms with Crippen LogP contribution < -0.4 is 10.6 Å². The third kappa shape index (κ3) is 4.23. The van der Waals surface area contributed by atoms with E-state index in [1.54, 1.807) is 13.1 Å². The summed E-state index contributed by atoms with van der Waals surface area (Å²) in [5.41, 5.74) is 0.491. The van der Waals surface area contributed by atoms with E-state index in [2.05, 4.69) is 22.5 Å². The summed E-state index contributed by atoms with van der Waals surface area (Å²) in [4.78, 5) is 15.8. The van der Waals surface area contributed by atoms with Gasteiger partial charge in [-0.1, -0.05) is 31.4 Å². The van der Waals surface area contributed by atoms with Gasteiger partial charge in [-0.25, -0.2) is 4.98 Å². The monoisotopic (exact) mass is 255 g/mol. The van der Waals surface area contributed by atoms with Crippen LogP contribution in [0.15, 0.2) is 12.3 Å². The summed E-state index contributed by atoms with van der Waals surface area (Å²) >= 11 is 5.95. The molecule has 1 aromatic rings. The first-order valence-electron chi connectivity index (χ1n) is 5.80. The van der Waals surface area contributed by atoms with Gasteiger partial charge in [-0.2, -0.15) is 0 Å². The molecule has 1 heterocycles. The van der Waals surface area contributed by atoms with Crippen LogP contribution >= 0.6 is 11.6 Å². The summed E-state index contributed by atoms with van der Waals surface area (Å²) in [6.07, 6.45) is 4.78. The normalized spacial score (nSPS) is 10.1. The van der Waals surface area contributed by atoms with E-state index in [0.717, 1.165) is 19.3 Å². The third-order valence-corrected chi connectivity index (χ3v) is 2.69. The Bertz CT molecular complexity index is 382. The van der Waals surface area contributed by atoms with Crippen molar-refractivity contribution in [1.29, 1.82) is 0 Å². The van der Waals surface area contributed by atoms with Crippen LogP contribution in [0.4, 0.5) is 5.82 Å². The van der Waals surface area contributed by atoms with Crippen LogP contribution in [0.3, 0.4) is 0 Å². The molecule has 1 amide bonds. The Morgan fingerprint density at radius 1 is 1.47 bits per heavy atom. The van der Waals surface area contributed by atoms with Crippen molar-refractivity contribution in [3.05, 3.63) is 22.8 Å². The van der Waals surface area contributed by atoms with Gasteiger partial charge in [-0.05, 0) is 12.5 Å². The zero-order valence-corrected chi connectivity index (χ0v) is 11.0. The molecule has 0 bridgehead atoms. The molecule has 17 heavy (non-hydrogen) atoms. The molecule has 5 heteroatoms. The minimum atomic E-state index is -0.127. The topological polar surface area (TPSA) is 54.0 Å². The number of unbranched alkanes of at least 4 members (excludes halogenated alkanes) is 2. The van der Waals surface area contributed by atoms with Crippen LogP contribution in [0.2, 0.25) is 5.02 Å². The molecule has 0 aromatic carbocycles. The molecule has 0 aliphatic carbocycles. The Morgan fingerprint density at radius 3 is 2.82 bits per heavy atom. The summed E-state index contributed by atoms with van der Waals surface area (Å²) in [5, 5.41) is 6.14. The molecule has 0 spiro atoms. The van der Waals surface area contributed by atoms with E-state index in [1.165, 1.54) is 6.20 Å². The quantitative estimate of drug-likeness (QED) is 0.769. The lowest BCUT2D eigenvalue weighted by molar-refractivity contribution is 0.0952. The van der Waals surface area contributed by atoms with Gasteiger partial charge in [0.15, 0.2) is 0 Å². The van der Waals surface area contributed by atoms with Crippen LogP contribution in [-0.4, -0.2) is 24.5 Å². The molecule has 0 atom stereocenters. The van der Waals surface area contributed by atoms with E-state index in [9.17, 15) is 4.79 Å². The van der Waals surface area contributed by atoms with E-state index in [4.69, 9.17) is 11.6 Å². The third-order valence-electron chi connectivity index (χ3n) is 2.41. The van der Waals surface area contributed by atoms with Gasteiger partial charge < -0.3 is 10.6 Å². The SMILES string of the molecule is CCCCCNC(=O)c1cnc(NC)c(Cl)c1. The largest absolute Gasteiger partial charge is 0.372 e. The van der Waals surface area contributed by atoms with E-state index in [1.807, 2.05) is 0 Å². The Balaban J connectivity index is 2.54. The van der Waals surface area contributed by atoms with Gasteiger partial charge in [0.1, 0.15) is 5.82 Å². The number of aromatic nitrogens is 1. The lowest BCUT2D eigenvalue weighted by Gasteiger charge is -2.06. The number of anilines is 1. The second kappa shape index (κ2) is 7.12. The van der Waals surface area contributed by atoms with Crippen LogP contribution in [0, 0.1) is 0 Å². The Morgan fingerprint density at radius 2 is 2.24 bits per heavy atom. The van der Waals surface area contributed by atoms with Crippen LogP contribution in [-0.2, 0) is 0 Å². The van der Waals surface area contributed by atoms with Gasteiger partial charge in [0.25, 0.3) is 5.91 Å². The number of pyridine rings is 1. The average molecular weight is 256 g/mol. The number of hydrogen-bond acceptors (Lipinski definition) is 3. The van der Waals surface area contributed by atoms with E-state index in [0.29, 0.717) is 22.9 Å². The number of nitrogens with one attached hydrogen (secondary N) is 2. The fourth-order valence-corrected chi connectivity index (χ4v) is 1.69. The number of hydrogen-bond donors (Lipinski definition) is 2. The van der Waals surface area contributed by atoms with Crippen LogP contribution in [0.1, 0.15) is 36.5 Å². The molecule has 0 saturated carbocycles. The van der Waals surface area contributed by atoms with Crippen molar-refractivity contribution < 1.29 is 4.79 Å². The lowest BCUT2D eigenvalue weighted by Crippen LogP contribution is -2.24. The Hall–Kier alpha value is -1.29. The maximum absolute atomic E-state index is 11.7. The fraction of sp³-hybridized carbons (Fsp3) is 0.500. The molecule has 94 valence electrons. The predicted octanol–water partition coefficient (Wildman–Crippen LogP) is 2.70. The van der Waals surface area contributed by atoms with Gasteiger partial charge >= 0.3 is 0 Å². The highest BCUT2D eigenvalue weighted by Gasteiger charge is 2.08. The maximum atomic E-state index is 11.7. The molecule has 4 nitrogen and oxygen atoms in total. The zero-order chi connectivity index (χ0) is 12.7. The Kier molecular flexibility index (Phi) is 5.77. The minimum Gasteiger partial charge on any atom is -0.372 e. The summed E-state index contributed by atoms with van der Waals surface area (Å²) in [6, 6.07) is 1.62. The van der Waals surface area contributed by atoms with E-state index in [-0.39, 0.29) is 5.91 Å². The van der Waals surface area contributed by atoms with E-state index < -0.39 is 0 Å². The van der Waals surface area contributed by atoms with Crippen molar-refractivity contribution in [3.8, 4) is 0 Å².